The highest BCUT2D eigenvalue weighted by atomic mass is 15.0. The summed E-state index contributed by atoms with van der Waals surface area (Å²) < 4.78 is 0. The van der Waals surface area contributed by atoms with Gasteiger partial charge in [0.2, 0.25) is 0 Å². The van der Waals surface area contributed by atoms with E-state index in [1.54, 1.807) is 0 Å². The molecule has 0 bridgehead atoms. The second-order valence-corrected chi connectivity index (χ2v) is 3.29. The summed E-state index contributed by atoms with van der Waals surface area (Å²) in [6.45, 7) is 7.25. The topological polar surface area (TPSA) is 37.8 Å². The van der Waals surface area contributed by atoms with Crippen LogP contribution in [0.2, 0.25) is 0 Å². The van der Waals surface area contributed by atoms with E-state index in [1.807, 2.05) is 6.07 Å². The van der Waals surface area contributed by atoms with Gasteiger partial charge in [0.05, 0.1) is 0 Å². The van der Waals surface area contributed by atoms with Crippen molar-refractivity contribution in [1.29, 1.82) is 0 Å². The molecular formula is C11H19N3. The van der Waals surface area contributed by atoms with E-state index in [2.05, 4.69) is 36.1 Å². The van der Waals surface area contributed by atoms with E-state index in [1.165, 1.54) is 0 Å². The molecule has 0 aliphatic rings. The lowest BCUT2D eigenvalue weighted by Gasteiger charge is -2.06. The summed E-state index contributed by atoms with van der Waals surface area (Å²) in [6.07, 6.45) is 3.03. The number of aryl methyl sites for hydroxylation is 2. The van der Waals surface area contributed by atoms with Gasteiger partial charge in [-0.25, -0.2) is 9.97 Å². The standard InChI is InChI=1S/C11H19N3/c1-4-7-10-13-9(5-2)8-11(14-10)12-6-3/h8H,4-7H2,1-3H3,(H,12,13,14). The molecule has 14 heavy (non-hydrogen) atoms. The molecule has 1 aromatic heterocycles. The zero-order valence-electron chi connectivity index (χ0n) is 9.30. The average molecular weight is 193 g/mol. The lowest BCUT2D eigenvalue weighted by atomic mass is 10.2. The van der Waals surface area contributed by atoms with Crippen molar-refractivity contribution in [3.05, 3.63) is 17.6 Å². The molecule has 1 aromatic rings. The molecule has 0 aliphatic heterocycles. The molecule has 3 nitrogen and oxygen atoms in total. The zero-order chi connectivity index (χ0) is 10.4. The van der Waals surface area contributed by atoms with Gasteiger partial charge >= 0.3 is 0 Å². The van der Waals surface area contributed by atoms with Crippen molar-refractivity contribution in [2.75, 3.05) is 11.9 Å². The van der Waals surface area contributed by atoms with Crippen molar-refractivity contribution in [1.82, 2.24) is 9.97 Å². The summed E-state index contributed by atoms with van der Waals surface area (Å²) in [5.74, 6) is 1.92. The van der Waals surface area contributed by atoms with E-state index in [-0.39, 0.29) is 0 Å². The Labute approximate surface area is 86.0 Å². The lowest BCUT2D eigenvalue weighted by Crippen LogP contribution is -2.05. The number of rotatable bonds is 5. The largest absolute Gasteiger partial charge is 0.370 e. The van der Waals surface area contributed by atoms with Gasteiger partial charge < -0.3 is 5.32 Å². The molecular weight excluding hydrogens is 174 g/mol. The summed E-state index contributed by atoms with van der Waals surface area (Å²) >= 11 is 0. The van der Waals surface area contributed by atoms with Gasteiger partial charge in [0.1, 0.15) is 11.6 Å². The minimum absolute atomic E-state index is 0.908. The van der Waals surface area contributed by atoms with Gasteiger partial charge in [-0.2, -0.15) is 0 Å². The predicted molar refractivity (Wildman–Crippen MR) is 59.6 cm³/mol. The molecule has 1 N–H and O–H groups in total. The molecule has 1 rings (SSSR count). The molecule has 0 fully saturated rings. The molecule has 3 heteroatoms. The van der Waals surface area contributed by atoms with Crippen LogP contribution in [-0.4, -0.2) is 16.5 Å². The third-order valence-corrected chi connectivity index (χ3v) is 2.02. The first kappa shape index (κ1) is 11.0. The van der Waals surface area contributed by atoms with E-state index in [0.717, 1.165) is 43.1 Å². The van der Waals surface area contributed by atoms with Gasteiger partial charge in [-0.05, 0) is 19.8 Å². The van der Waals surface area contributed by atoms with Gasteiger partial charge in [0, 0.05) is 24.7 Å². The summed E-state index contributed by atoms with van der Waals surface area (Å²) in [6, 6.07) is 2.03. The van der Waals surface area contributed by atoms with E-state index < -0.39 is 0 Å². The maximum Gasteiger partial charge on any atom is 0.130 e. The van der Waals surface area contributed by atoms with Crippen LogP contribution in [0.5, 0.6) is 0 Å². The maximum atomic E-state index is 4.47. The average Bonchev–Trinajstić information content (AvgIpc) is 2.18. The monoisotopic (exact) mass is 193 g/mol. The fourth-order valence-electron chi connectivity index (χ4n) is 1.34. The Morgan fingerprint density at radius 2 is 2.00 bits per heavy atom. The molecule has 0 saturated heterocycles. The van der Waals surface area contributed by atoms with Crippen LogP contribution in [0.1, 0.15) is 38.7 Å². The third kappa shape index (κ3) is 2.98. The molecule has 0 radical (unpaired) electrons. The zero-order valence-corrected chi connectivity index (χ0v) is 9.30. The summed E-state index contributed by atoms with van der Waals surface area (Å²) in [4.78, 5) is 8.91. The fourth-order valence-corrected chi connectivity index (χ4v) is 1.34. The first-order valence-electron chi connectivity index (χ1n) is 5.40. The van der Waals surface area contributed by atoms with Crippen molar-refractivity contribution in [3.8, 4) is 0 Å². The van der Waals surface area contributed by atoms with Crippen LogP contribution in [0.25, 0.3) is 0 Å². The third-order valence-electron chi connectivity index (χ3n) is 2.02. The molecule has 0 saturated carbocycles. The first-order chi connectivity index (χ1) is 6.80. The van der Waals surface area contributed by atoms with E-state index in [4.69, 9.17) is 0 Å². The van der Waals surface area contributed by atoms with Crippen LogP contribution in [0.4, 0.5) is 5.82 Å². The second kappa shape index (κ2) is 5.58. The van der Waals surface area contributed by atoms with Crippen LogP contribution >= 0.6 is 0 Å². The van der Waals surface area contributed by atoms with Crippen LogP contribution in [-0.2, 0) is 12.8 Å². The molecule has 78 valence electrons. The summed E-state index contributed by atoms with van der Waals surface area (Å²) in [5, 5.41) is 3.23. The fraction of sp³-hybridized carbons (Fsp3) is 0.636. The normalized spacial score (nSPS) is 10.2. The van der Waals surface area contributed by atoms with Gasteiger partial charge in [-0.3, -0.25) is 0 Å². The maximum absolute atomic E-state index is 4.47. The van der Waals surface area contributed by atoms with E-state index in [9.17, 15) is 0 Å². The Morgan fingerprint density at radius 1 is 1.21 bits per heavy atom. The Hall–Kier alpha value is -1.12. The van der Waals surface area contributed by atoms with Crippen LogP contribution < -0.4 is 5.32 Å². The number of nitrogens with one attached hydrogen (secondary N) is 1. The van der Waals surface area contributed by atoms with Crippen molar-refractivity contribution in [3.63, 3.8) is 0 Å². The highest BCUT2D eigenvalue weighted by Crippen LogP contribution is 2.08. The van der Waals surface area contributed by atoms with E-state index in [0.29, 0.717) is 0 Å². The minimum Gasteiger partial charge on any atom is -0.370 e. The Kier molecular flexibility index (Phi) is 4.36. The smallest absolute Gasteiger partial charge is 0.130 e. The molecule has 0 spiro atoms. The molecule has 0 unspecified atom stereocenters. The van der Waals surface area contributed by atoms with Gasteiger partial charge in [-0.15, -0.1) is 0 Å². The number of aromatic nitrogens is 2. The number of hydrogen-bond donors (Lipinski definition) is 1. The lowest BCUT2D eigenvalue weighted by molar-refractivity contribution is 0.814. The van der Waals surface area contributed by atoms with Crippen LogP contribution in [0.15, 0.2) is 6.07 Å². The SMILES string of the molecule is CCCc1nc(CC)cc(NCC)n1. The highest BCUT2D eigenvalue weighted by molar-refractivity contribution is 5.35. The predicted octanol–water partition coefficient (Wildman–Crippen LogP) is 2.42. The van der Waals surface area contributed by atoms with Gasteiger partial charge in [0.25, 0.3) is 0 Å². The van der Waals surface area contributed by atoms with Gasteiger partial charge in [0.15, 0.2) is 0 Å². The number of nitrogens with zero attached hydrogens (tertiary/aromatic N) is 2. The second-order valence-electron chi connectivity index (χ2n) is 3.29. The van der Waals surface area contributed by atoms with Crippen molar-refractivity contribution < 1.29 is 0 Å². The van der Waals surface area contributed by atoms with E-state index >= 15 is 0 Å². The van der Waals surface area contributed by atoms with Crippen LogP contribution in [0.3, 0.4) is 0 Å². The van der Waals surface area contributed by atoms with Crippen molar-refractivity contribution in [2.24, 2.45) is 0 Å². The Bertz CT molecular complexity index is 260. The molecule has 0 atom stereocenters. The number of hydrogen-bond acceptors (Lipinski definition) is 3. The summed E-state index contributed by atoms with van der Waals surface area (Å²) in [7, 11) is 0. The molecule has 0 amide bonds. The minimum atomic E-state index is 0.908. The summed E-state index contributed by atoms with van der Waals surface area (Å²) in [5.41, 5.74) is 1.12. The van der Waals surface area contributed by atoms with Crippen molar-refractivity contribution >= 4 is 5.82 Å². The molecule has 0 aromatic carbocycles. The van der Waals surface area contributed by atoms with Crippen molar-refractivity contribution in [2.45, 2.75) is 40.0 Å². The Morgan fingerprint density at radius 3 is 2.57 bits per heavy atom. The Balaban J connectivity index is 2.88. The molecule has 0 aliphatic carbocycles. The highest BCUT2D eigenvalue weighted by Gasteiger charge is 2.01. The molecule has 1 heterocycles. The first-order valence-corrected chi connectivity index (χ1v) is 5.40. The van der Waals surface area contributed by atoms with Crippen LogP contribution in [0, 0.1) is 0 Å². The quantitative estimate of drug-likeness (QED) is 0.780. The van der Waals surface area contributed by atoms with Gasteiger partial charge in [-0.1, -0.05) is 13.8 Å². The number of anilines is 1.